The number of carbonyl (C=O) groups excluding carboxylic acids is 1. The van der Waals surface area contributed by atoms with Crippen LogP contribution in [0, 0.1) is 0 Å². The number of ether oxygens (including phenoxy) is 2. The first-order chi connectivity index (χ1) is 10.6. The van der Waals surface area contributed by atoms with Crippen LogP contribution in [0.3, 0.4) is 0 Å². The molecule has 1 aromatic rings. The highest BCUT2D eigenvalue weighted by atomic mass is 35.5. The van der Waals surface area contributed by atoms with Crippen LogP contribution in [0.4, 0.5) is 0 Å². The Labute approximate surface area is 136 Å². The second-order valence-electron chi connectivity index (χ2n) is 5.42. The number of hydrogen-bond donors (Lipinski definition) is 2. The molecule has 1 atom stereocenters. The van der Waals surface area contributed by atoms with Gasteiger partial charge < -0.3 is 20.5 Å². The summed E-state index contributed by atoms with van der Waals surface area (Å²) in [6.45, 7) is 3.55. The zero-order chi connectivity index (χ0) is 15.9. The predicted octanol–water partition coefficient (Wildman–Crippen LogP) is 2.29. The van der Waals surface area contributed by atoms with E-state index in [1.165, 1.54) is 0 Å². The molecule has 5 nitrogen and oxygen atoms in total. The van der Waals surface area contributed by atoms with Crippen LogP contribution in [0.25, 0.3) is 0 Å². The summed E-state index contributed by atoms with van der Waals surface area (Å²) in [7, 11) is 0. The van der Waals surface area contributed by atoms with E-state index in [9.17, 15) is 4.79 Å². The molecule has 22 heavy (non-hydrogen) atoms. The SMILES string of the molecule is CCCCC(CN)NC(=O)Cc1cc(Cl)c2c(c1)OCCO2. The Morgan fingerprint density at radius 3 is 2.91 bits per heavy atom. The first-order valence-electron chi connectivity index (χ1n) is 7.71. The molecule has 6 heteroatoms. The van der Waals surface area contributed by atoms with E-state index in [4.69, 9.17) is 26.8 Å². The zero-order valence-electron chi connectivity index (χ0n) is 12.9. The van der Waals surface area contributed by atoms with Gasteiger partial charge in [0, 0.05) is 12.6 Å². The van der Waals surface area contributed by atoms with Gasteiger partial charge in [0.25, 0.3) is 0 Å². The molecule has 1 aromatic carbocycles. The number of hydrogen-bond acceptors (Lipinski definition) is 4. The van der Waals surface area contributed by atoms with E-state index < -0.39 is 0 Å². The van der Waals surface area contributed by atoms with Gasteiger partial charge in [-0.2, -0.15) is 0 Å². The third kappa shape index (κ3) is 4.52. The van der Waals surface area contributed by atoms with Crippen molar-refractivity contribution in [2.24, 2.45) is 5.73 Å². The highest BCUT2D eigenvalue weighted by molar-refractivity contribution is 6.32. The van der Waals surface area contributed by atoms with Gasteiger partial charge in [0.05, 0.1) is 11.4 Å². The third-order valence-corrected chi connectivity index (χ3v) is 3.86. The van der Waals surface area contributed by atoms with Gasteiger partial charge in [0.1, 0.15) is 13.2 Å². The highest BCUT2D eigenvalue weighted by Crippen LogP contribution is 2.38. The van der Waals surface area contributed by atoms with E-state index in [1.54, 1.807) is 6.07 Å². The molecule has 1 heterocycles. The molecule has 0 fully saturated rings. The molecule has 0 aliphatic carbocycles. The normalized spacial score (nSPS) is 14.5. The highest BCUT2D eigenvalue weighted by Gasteiger charge is 2.18. The minimum Gasteiger partial charge on any atom is -0.486 e. The average molecular weight is 327 g/mol. The largest absolute Gasteiger partial charge is 0.486 e. The maximum absolute atomic E-state index is 12.1. The number of halogens is 1. The van der Waals surface area contributed by atoms with Crippen molar-refractivity contribution in [3.8, 4) is 11.5 Å². The van der Waals surface area contributed by atoms with Crippen molar-refractivity contribution in [2.45, 2.75) is 38.6 Å². The molecular formula is C16H23ClN2O3. The summed E-state index contributed by atoms with van der Waals surface area (Å²) in [6.07, 6.45) is 3.29. The zero-order valence-corrected chi connectivity index (χ0v) is 13.6. The number of nitrogens with two attached hydrogens (primary N) is 1. The molecule has 3 N–H and O–H groups in total. The van der Waals surface area contributed by atoms with E-state index in [1.807, 2.05) is 6.07 Å². The molecule has 1 amide bonds. The van der Waals surface area contributed by atoms with Crippen molar-refractivity contribution in [3.63, 3.8) is 0 Å². The van der Waals surface area contributed by atoms with Crippen LogP contribution >= 0.6 is 11.6 Å². The van der Waals surface area contributed by atoms with Crippen molar-refractivity contribution in [1.29, 1.82) is 0 Å². The molecule has 2 rings (SSSR count). The quantitative estimate of drug-likeness (QED) is 0.806. The Hall–Kier alpha value is -1.46. The lowest BCUT2D eigenvalue weighted by Crippen LogP contribution is -2.40. The number of unbranched alkanes of at least 4 members (excludes halogenated alkanes) is 1. The van der Waals surface area contributed by atoms with Crippen molar-refractivity contribution >= 4 is 17.5 Å². The molecular weight excluding hydrogens is 304 g/mol. The fourth-order valence-electron chi connectivity index (χ4n) is 2.43. The fourth-order valence-corrected chi connectivity index (χ4v) is 2.72. The summed E-state index contributed by atoms with van der Waals surface area (Å²) < 4.78 is 11.0. The molecule has 0 radical (unpaired) electrons. The molecule has 0 bridgehead atoms. The molecule has 0 saturated carbocycles. The summed E-state index contributed by atoms with van der Waals surface area (Å²) in [5, 5.41) is 3.44. The Kier molecular flexibility index (Phi) is 6.34. The molecule has 1 unspecified atom stereocenters. The maximum Gasteiger partial charge on any atom is 0.224 e. The van der Waals surface area contributed by atoms with E-state index in [0.29, 0.717) is 36.3 Å². The first kappa shape index (κ1) is 16.9. The van der Waals surface area contributed by atoms with Gasteiger partial charge in [0.15, 0.2) is 11.5 Å². The lowest BCUT2D eigenvalue weighted by atomic mass is 10.1. The van der Waals surface area contributed by atoms with E-state index in [-0.39, 0.29) is 18.4 Å². The number of amides is 1. The first-order valence-corrected chi connectivity index (χ1v) is 8.09. The van der Waals surface area contributed by atoms with E-state index >= 15 is 0 Å². The van der Waals surface area contributed by atoms with Crippen LogP contribution in [0.2, 0.25) is 5.02 Å². The van der Waals surface area contributed by atoms with Gasteiger partial charge in [-0.05, 0) is 24.1 Å². The Balaban J connectivity index is 1.98. The number of fused-ring (bicyclic) bond motifs is 1. The van der Waals surface area contributed by atoms with Crippen molar-refractivity contribution in [2.75, 3.05) is 19.8 Å². The molecule has 1 aliphatic heterocycles. The monoisotopic (exact) mass is 326 g/mol. The Morgan fingerprint density at radius 1 is 1.41 bits per heavy atom. The summed E-state index contributed by atoms with van der Waals surface area (Å²) in [4.78, 5) is 12.1. The van der Waals surface area contributed by atoms with Crippen LogP contribution in [0.15, 0.2) is 12.1 Å². The van der Waals surface area contributed by atoms with Crippen molar-refractivity contribution in [3.05, 3.63) is 22.7 Å². The number of nitrogens with one attached hydrogen (secondary N) is 1. The summed E-state index contributed by atoms with van der Waals surface area (Å²) in [5.74, 6) is 1.10. The lowest BCUT2D eigenvalue weighted by molar-refractivity contribution is -0.121. The number of benzene rings is 1. The van der Waals surface area contributed by atoms with Gasteiger partial charge in [0.2, 0.25) is 5.91 Å². The van der Waals surface area contributed by atoms with Gasteiger partial charge >= 0.3 is 0 Å². The van der Waals surface area contributed by atoms with Crippen LogP contribution in [0.5, 0.6) is 11.5 Å². The van der Waals surface area contributed by atoms with Gasteiger partial charge in [-0.1, -0.05) is 31.4 Å². The van der Waals surface area contributed by atoms with Crippen LogP contribution in [-0.4, -0.2) is 31.7 Å². The molecule has 1 aliphatic rings. The smallest absolute Gasteiger partial charge is 0.224 e. The summed E-state index contributed by atoms with van der Waals surface area (Å²) in [6, 6.07) is 3.59. The van der Waals surface area contributed by atoms with E-state index in [2.05, 4.69) is 12.2 Å². The molecule has 0 spiro atoms. The number of carbonyl (C=O) groups is 1. The molecule has 0 saturated heterocycles. The molecule has 122 valence electrons. The Bertz CT molecular complexity index is 522. The standard InChI is InChI=1S/C16H23ClN2O3/c1-2-3-4-12(10-18)19-15(20)9-11-7-13(17)16-14(8-11)21-5-6-22-16/h7-8,12H,2-6,9-10,18H2,1H3,(H,19,20). The van der Waals surface area contributed by atoms with Gasteiger partial charge in [-0.25, -0.2) is 0 Å². The third-order valence-electron chi connectivity index (χ3n) is 3.58. The topological polar surface area (TPSA) is 73.6 Å². The summed E-state index contributed by atoms with van der Waals surface area (Å²) >= 11 is 6.18. The van der Waals surface area contributed by atoms with Gasteiger partial charge in [-0.15, -0.1) is 0 Å². The predicted molar refractivity (Wildman–Crippen MR) is 86.7 cm³/mol. The van der Waals surface area contributed by atoms with E-state index in [0.717, 1.165) is 24.8 Å². The van der Waals surface area contributed by atoms with Crippen LogP contribution in [-0.2, 0) is 11.2 Å². The minimum absolute atomic E-state index is 0.0279. The summed E-state index contributed by atoms with van der Waals surface area (Å²) in [5.41, 5.74) is 6.50. The number of rotatable bonds is 7. The maximum atomic E-state index is 12.1. The van der Waals surface area contributed by atoms with Crippen molar-refractivity contribution < 1.29 is 14.3 Å². The Morgan fingerprint density at radius 2 is 2.18 bits per heavy atom. The lowest BCUT2D eigenvalue weighted by Gasteiger charge is -2.20. The van der Waals surface area contributed by atoms with Crippen LogP contribution < -0.4 is 20.5 Å². The molecule has 0 aromatic heterocycles. The minimum atomic E-state index is -0.0562. The second-order valence-corrected chi connectivity index (χ2v) is 5.83. The fraction of sp³-hybridized carbons (Fsp3) is 0.562. The van der Waals surface area contributed by atoms with Crippen molar-refractivity contribution in [1.82, 2.24) is 5.32 Å². The van der Waals surface area contributed by atoms with Gasteiger partial charge in [-0.3, -0.25) is 4.79 Å². The average Bonchev–Trinajstić information content (AvgIpc) is 2.51. The van der Waals surface area contributed by atoms with Crippen LogP contribution in [0.1, 0.15) is 31.7 Å². The second kappa shape index (κ2) is 8.25.